The van der Waals surface area contributed by atoms with Crippen molar-refractivity contribution in [2.24, 2.45) is 0 Å². The quantitative estimate of drug-likeness (QED) is 0.615. The van der Waals surface area contributed by atoms with Crippen LogP contribution in [0.4, 0.5) is 13.2 Å². The normalized spacial score (nSPS) is 12.6. The number of hydrogen-bond acceptors (Lipinski definition) is 4. The zero-order chi connectivity index (χ0) is 18.1. The summed E-state index contributed by atoms with van der Waals surface area (Å²) < 4.78 is 61.8. The van der Waals surface area contributed by atoms with E-state index in [0.717, 1.165) is 20.8 Å². The fraction of sp³-hybridized carbons (Fsp3) is 0.235. The van der Waals surface area contributed by atoms with Crippen molar-refractivity contribution in [1.29, 1.82) is 0 Å². The SMILES string of the molecule is O=S(=O)(CCCC(F)(F)F)c1ccc(-c2nc3ccccc3s2)cc1. The van der Waals surface area contributed by atoms with Gasteiger partial charge in [0.1, 0.15) is 5.01 Å². The number of aromatic nitrogens is 1. The highest BCUT2D eigenvalue weighted by Gasteiger charge is 2.27. The second kappa shape index (κ2) is 6.76. The molecule has 0 spiro atoms. The van der Waals surface area contributed by atoms with E-state index in [1.165, 1.54) is 23.5 Å². The van der Waals surface area contributed by atoms with Crippen LogP contribution in [0.5, 0.6) is 0 Å². The lowest BCUT2D eigenvalue weighted by atomic mass is 10.2. The first-order chi connectivity index (χ1) is 11.7. The number of hydrogen-bond donors (Lipinski definition) is 0. The molecule has 132 valence electrons. The first-order valence-corrected chi connectivity index (χ1v) is 9.97. The van der Waals surface area contributed by atoms with Crippen LogP contribution in [0.1, 0.15) is 12.8 Å². The van der Waals surface area contributed by atoms with Gasteiger partial charge in [0.2, 0.25) is 0 Å². The Kier molecular flexibility index (Phi) is 4.83. The monoisotopic (exact) mass is 385 g/mol. The van der Waals surface area contributed by atoms with Crippen LogP contribution >= 0.6 is 11.3 Å². The first-order valence-electron chi connectivity index (χ1n) is 7.50. The predicted molar refractivity (Wildman–Crippen MR) is 92.4 cm³/mol. The average Bonchev–Trinajstić information content (AvgIpc) is 2.97. The lowest BCUT2D eigenvalue weighted by molar-refractivity contribution is -0.134. The van der Waals surface area contributed by atoms with Crippen molar-refractivity contribution >= 4 is 31.4 Å². The van der Waals surface area contributed by atoms with Gasteiger partial charge in [-0.2, -0.15) is 13.2 Å². The lowest BCUT2D eigenvalue weighted by Crippen LogP contribution is -2.12. The van der Waals surface area contributed by atoms with Gasteiger partial charge in [-0.25, -0.2) is 13.4 Å². The van der Waals surface area contributed by atoms with Gasteiger partial charge >= 0.3 is 6.18 Å². The van der Waals surface area contributed by atoms with Crippen LogP contribution in [0.25, 0.3) is 20.8 Å². The number of para-hydroxylation sites is 1. The Labute approximate surface area is 147 Å². The molecule has 0 atom stereocenters. The van der Waals surface area contributed by atoms with E-state index in [2.05, 4.69) is 4.98 Å². The zero-order valence-corrected chi connectivity index (χ0v) is 14.6. The summed E-state index contributed by atoms with van der Waals surface area (Å²) in [7, 11) is -3.72. The smallest absolute Gasteiger partial charge is 0.236 e. The second-order valence-electron chi connectivity index (χ2n) is 5.55. The predicted octanol–water partition coefficient (Wildman–Crippen LogP) is 5.08. The van der Waals surface area contributed by atoms with Crippen LogP contribution in [0.15, 0.2) is 53.4 Å². The van der Waals surface area contributed by atoms with Gasteiger partial charge in [0.05, 0.1) is 20.9 Å². The van der Waals surface area contributed by atoms with E-state index in [4.69, 9.17) is 0 Å². The van der Waals surface area contributed by atoms with E-state index in [1.54, 1.807) is 12.1 Å². The van der Waals surface area contributed by atoms with E-state index >= 15 is 0 Å². The maximum atomic E-state index is 12.2. The van der Waals surface area contributed by atoms with E-state index in [0.29, 0.717) is 0 Å². The molecule has 0 fully saturated rings. The number of thiazole rings is 1. The lowest BCUT2D eigenvalue weighted by Gasteiger charge is -2.07. The molecule has 1 heterocycles. The molecule has 1 aromatic heterocycles. The third kappa shape index (κ3) is 4.38. The molecule has 3 aromatic rings. The number of alkyl halides is 3. The van der Waals surface area contributed by atoms with Crippen molar-refractivity contribution in [3.05, 3.63) is 48.5 Å². The molecule has 0 N–H and O–H groups in total. The van der Waals surface area contributed by atoms with Crippen molar-refractivity contribution in [1.82, 2.24) is 4.98 Å². The topological polar surface area (TPSA) is 47.0 Å². The van der Waals surface area contributed by atoms with Crippen LogP contribution < -0.4 is 0 Å². The Hall–Kier alpha value is -1.93. The largest absolute Gasteiger partial charge is 0.389 e. The summed E-state index contributed by atoms with van der Waals surface area (Å²) in [4.78, 5) is 4.52. The van der Waals surface area contributed by atoms with Gasteiger partial charge < -0.3 is 0 Å². The van der Waals surface area contributed by atoms with Crippen molar-refractivity contribution in [2.45, 2.75) is 23.9 Å². The highest BCUT2D eigenvalue weighted by Crippen LogP contribution is 2.30. The third-order valence-electron chi connectivity index (χ3n) is 3.63. The Morgan fingerprint density at radius 1 is 1.00 bits per heavy atom. The fourth-order valence-electron chi connectivity index (χ4n) is 2.38. The maximum absolute atomic E-state index is 12.2. The summed E-state index contributed by atoms with van der Waals surface area (Å²) in [5.41, 5.74) is 1.64. The summed E-state index contributed by atoms with van der Waals surface area (Å²) in [6.07, 6.45) is -5.88. The molecule has 8 heteroatoms. The maximum Gasteiger partial charge on any atom is 0.389 e. The molecule has 0 aliphatic rings. The molecule has 0 saturated heterocycles. The number of sulfone groups is 1. The molecule has 0 saturated carbocycles. The minimum atomic E-state index is -4.34. The Morgan fingerprint density at radius 2 is 1.68 bits per heavy atom. The molecule has 25 heavy (non-hydrogen) atoms. The molecule has 0 aliphatic carbocycles. The summed E-state index contributed by atoms with van der Waals surface area (Å²) in [5.74, 6) is -0.521. The minimum absolute atomic E-state index is 0.0273. The van der Waals surface area contributed by atoms with Crippen LogP contribution in [0.3, 0.4) is 0 Å². The van der Waals surface area contributed by atoms with Crippen LogP contribution in [-0.4, -0.2) is 25.3 Å². The molecule has 0 radical (unpaired) electrons. The van der Waals surface area contributed by atoms with E-state index in [9.17, 15) is 21.6 Å². The summed E-state index contributed by atoms with van der Waals surface area (Å²) in [6, 6.07) is 13.8. The highest BCUT2D eigenvalue weighted by atomic mass is 32.2. The molecule has 2 aromatic carbocycles. The second-order valence-corrected chi connectivity index (χ2v) is 8.69. The van der Waals surface area contributed by atoms with Gasteiger partial charge in [0.15, 0.2) is 9.84 Å². The van der Waals surface area contributed by atoms with Gasteiger partial charge in [-0.1, -0.05) is 24.3 Å². The Balaban J connectivity index is 1.77. The summed E-state index contributed by atoms with van der Waals surface area (Å²) in [6.45, 7) is 0. The molecule has 3 rings (SSSR count). The summed E-state index contributed by atoms with van der Waals surface area (Å²) >= 11 is 1.49. The fourth-order valence-corrected chi connectivity index (χ4v) is 4.66. The zero-order valence-electron chi connectivity index (χ0n) is 13.0. The number of fused-ring (bicyclic) bond motifs is 1. The average molecular weight is 385 g/mol. The van der Waals surface area contributed by atoms with Gasteiger partial charge in [-0.3, -0.25) is 0 Å². The summed E-state index contributed by atoms with van der Waals surface area (Å²) in [5, 5.41) is 0.766. The molecular weight excluding hydrogens is 371 g/mol. The van der Waals surface area contributed by atoms with Gasteiger partial charge in [-0.15, -0.1) is 11.3 Å². The van der Waals surface area contributed by atoms with E-state index in [1.807, 2.05) is 24.3 Å². The number of benzene rings is 2. The van der Waals surface area contributed by atoms with Crippen LogP contribution in [0, 0.1) is 0 Å². The van der Waals surface area contributed by atoms with Crippen molar-refractivity contribution in [3.8, 4) is 10.6 Å². The number of nitrogens with zero attached hydrogens (tertiary/aromatic N) is 1. The highest BCUT2D eigenvalue weighted by molar-refractivity contribution is 7.91. The molecule has 0 unspecified atom stereocenters. The molecule has 0 aliphatic heterocycles. The number of halogens is 3. The molecule has 0 amide bonds. The van der Waals surface area contributed by atoms with Crippen molar-refractivity contribution < 1.29 is 21.6 Å². The van der Waals surface area contributed by atoms with Crippen molar-refractivity contribution in [2.75, 3.05) is 5.75 Å². The third-order valence-corrected chi connectivity index (χ3v) is 6.53. The standard InChI is InChI=1S/C17H14F3NO2S2/c18-17(19,20)10-3-11-25(22,23)13-8-6-12(7-9-13)16-21-14-4-1-2-5-15(14)24-16/h1-2,4-9H,3,10-11H2. The molecular formula is C17H14F3NO2S2. The van der Waals surface area contributed by atoms with Crippen LogP contribution in [-0.2, 0) is 9.84 Å². The van der Waals surface area contributed by atoms with E-state index < -0.39 is 34.6 Å². The van der Waals surface area contributed by atoms with Gasteiger partial charge in [-0.05, 0) is 30.7 Å². The first kappa shape index (κ1) is 17.9. The van der Waals surface area contributed by atoms with Gasteiger partial charge in [0.25, 0.3) is 0 Å². The molecule has 3 nitrogen and oxygen atoms in total. The van der Waals surface area contributed by atoms with Gasteiger partial charge in [0, 0.05) is 12.0 Å². The Morgan fingerprint density at radius 3 is 2.32 bits per heavy atom. The minimum Gasteiger partial charge on any atom is -0.236 e. The Bertz CT molecular complexity index is 944. The number of rotatable bonds is 5. The van der Waals surface area contributed by atoms with E-state index in [-0.39, 0.29) is 4.90 Å². The molecule has 0 bridgehead atoms. The van der Waals surface area contributed by atoms with Crippen molar-refractivity contribution in [3.63, 3.8) is 0 Å². The van der Waals surface area contributed by atoms with Crippen LogP contribution in [0.2, 0.25) is 0 Å².